The molecule has 1 aromatic carbocycles. The molecule has 0 saturated heterocycles. The van der Waals surface area contributed by atoms with E-state index in [4.69, 9.17) is 5.73 Å². The molecular formula is C16H27NO. The third-order valence-electron chi connectivity index (χ3n) is 3.83. The van der Waals surface area contributed by atoms with Gasteiger partial charge in [-0.15, -0.1) is 0 Å². The number of benzene rings is 1. The molecule has 2 unspecified atom stereocenters. The van der Waals surface area contributed by atoms with E-state index < -0.39 is 6.10 Å². The Bertz CT molecular complexity index is 353. The van der Waals surface area contributed by atoms with Gasteiger partial charge in [0.25, 0.3) is 0 Å². The van der Waals surface area contributed by atoms with E-state index in [1.54, 1.807) is 0 Å². The summed E-state index contributed by atoms with van der Waals surface area (Å²) in [5, 5.41) is 10.2. The van der Waals surface area contributed by atoms with Crippen LogP contribution in [0.1, 0.15) is 46.1 Å². The number of hydrogen-bond acceptors (Lipinski definition) is 2. The molecule has 0 heterocycles. The summed E-state index contributed by atoms with van der Waals surface area (Å²) in [5.41, 5.74) is 7.08. The zero-order chi connectivity index (χ0) is 13.8. The summed E-state index contributed by atoms with van der Waals surface area (Å²) < 4.78 is 0. The van der Waals surface area contributed by atoms with Crippen molar-refractivity contribution in [3.05, 3.63) is 35.9 Å². The molecule has 0 radical (unpaired) electrons. The van der Waals surface area contributed by atoms with Gasteiger partial charge in [-0.05, 0) is 30.7 Å². The van der Waals surface area contributed by atoms with Crippen LogP contribution in [0.15, 0.2) is 30.3 Å². The van der Waals surface area contributed by atoms with Crippen LogP contribution in [0, 0.1) is 5.41 Å². The molecular weight excluding hydrogens is 222 g/mol. The number of aliphatic hydroxyl groups is 1. The van der Waals surface area contributed by atoms with Crippen molar-refractivity contribution in [2.45, 2.75) is 52.1 Å². The van der Waals surface area contributed by atoms with Crippen LogP contribution in [0.5, 0.6) is 0 Å². The molecule has 2 heteroatoms. The van der Waals surface area contributed by atoms with Crippen molar-refractivity contribution in [3.63, 3.8) is 0 Å². The Morgan fingerprint density at radius 1 is 1.11 bits per heavy atom. The topological polar surface area (TPSA) is 46.2 Å². The van der Waals surface area contributed by atoms with Crippen LogP contribution in [-0.2, 0) is 5.41 Å². The van der Waals surface area contributed by atoms with Crippen LogP contribution in [0.25, 0.3) is 0 Å². The van der Waals surface area contributed by atoms with Gasteiger partial charge >= 0.3 is 0 Å². The summed E-state index contributed by atoms with van der Waals surface area (Å²) in [4.78, 5) is 0. The fraction of sp³-hybridized carbons (Fsp3) is 0.625. The van der Waals surface area contributed by atoms with Crippen LogP contribution in [0.4, 0.5) is 0 Å². The molecule has 1 rings (SSSR count). The van der Waals surface area contributed by atoms with Crippen molar-refractivity contribution in [2.24, 2.45) is 11.1 Å². The maximum absolute atomic E-state index is 10.2. The van der Waals surface area contributed by atoms with Crippen molar-refractivity contribution in [3.8, 4) is 0 Å². The summed E-state index contributed by atoms with van der Waals surface area (Å²) in [6, 6.07) is 10.2. The van der Waals surface area contributed by atoms with Crippen molar-refractivity contribution in [2.75, 3.05) is 6.54 Å². The summed E-state index contributed by atoms with van der Waals surface area (Å²) in [6.07, 6.45) is 1.52. The lowest BCUT2D eigenvalue weighted by Crippen LogP contribution is -2.45. The van der Waals surface area contributed by atoms with Gasteiger partial charge in [-0.2, -0.15) is 0 Å². The van der Waals surface area contributed by atoms with Crippen LogP contribution in [0.2, 0.25) is 0 Å². The minimum Gasteiger partial charge on any atom is -0.392 e. The molecule has 3 N–H and O–H groups in total. The minimum atomic E-state index is -0.438. The van der Waals surface area contributed by atoms with Crippen LogP contribution in [0.3, 0.4) is 0 Å². The lowest BCUT2D eigenvalue weighted by molar-refractivity contribution is 0.0855. The lowest BCUT2D eigenvalue weighted by atomic mass is 9.70. The van der Waals surface area contributed by atoms with Gasteiger partial charge in [0.1, 0.15) is 0 Å². The molecule has 0 aliphatic rings. The molecule has 0 amide bonds. The Morgan fingerprint density at radius 2 is 1.67 bits per heavy atom. The largest absolute Gasteiger partial charge is 0.392 e. The average Bonchev–Trinajstić information content (AvgIpc) is 2.30. The van der Waals surface area contributed by atoms with Gasteiger partial charge < -0.3 is 10.8 Å². The summed E-state index contributed by atoms with van der Waals surface area (Å²) >= 11 is 0. The van der Waals surface area contributed by atoms with Crippen LogP contribution < -0.4 is 5.73 Å². The summed E-state index contributed by atoms with van der Waals surface area (Å²) in [7, 11) is 0. The lowest BCUT2D eigenvalue weighted by Gasteiger charge is -2.38. The Kier molecular flexibility index (Phi) is 4.94. The minimum absolute atomic E-state index is 0.254. The van der Waals surface area contributed by atoms with Gasteiger partial charge in [0.05, 0.1) is 6.10 Å². The Balaban J connectivity index is 3.03. The van der Waals surface area contributed by atoms with Crippen molar-refractivity contribution >= 4 is 0 Å². The van der Waals surface area contributed by atoms with Crippen LogP contribution >= 0.6 is 0 Å². The second kappa shape index (κ2) is 5.85. The van der Waals surface area contributed by atoms with E-state index >= 15 is 0 Å². The van der Waals surface area contributed by atoms with Crippen molar-refractivity contribution in [1.82, 2.24) is 0 Å². The highest BCUT2D eigenvalue weighted by atomic mass is 16.3. The molecule has 2 nitrogen and oxygen atoms in total. The van der Waals surface area contributed by atoms with E-state index in [9.17, 15) is 5.11 Å². The zero-order valence-corrected chi connectivity index (χ0v) is 12.1. The molecule has 0 saturated carbocycles. The molecule has 0 fully saturated rings. The number of aliphatic hydroxyl groups excluding tert-OH is 1. The first kappa shape index (κ1) is 15.2. The number of nitrogens with two attached hydrogens (primary N) is 1. The van der Waals surface area contributed by atoms with E-state index in [1.807, 2.05) is 25.1 Å². The first-order valence-corrected chi connectivity index (χ1v) is 6.75. The fourth-order valence-corrected chi connectivity index (χ4v) is 2.35. The highest BCUT2D eigenvalue weighted by molar-refractivity contribution is 5.27. The zero-order valence-electron chi connectivity index (χ0n) is 12.1. The van der Waals surface area contributed by atoms with Gasteiger partial charge in [0.15, 0.2) is 0 Å². The highest BCUT2D eigenvalue weighted by Gasteiger charge is 2.36. The number of rotatable bonds is 5. The van der Waals surface area contributed by atoms with Crippen molar-refractivity contribution < 1.29 is 5.11 Å². The van der Waals surface area contributed by atoms with Gasteiger partial charge in [-0.25, -0.2) is 0 Å². The molecule has 0 bridgehead atoms. The third-order valence-corrected chi connectivity index (χ3v) is 3.83. The number of hydrogen-bond donors (Lipinski definition) is 2. The standard InChI is InChI=1S/C16H27NO/c1-13(18)16(12-17,11-10-15(2,3)4)14-8-6-5-7-9-14/h5-9,13,18H,10-12,17H2,1-4H3. The smallest absolute Gasteiger partial charge is 0.0620 e. The average molecular weight is 249 g/mol. The molecule has 2 atom stereocenters. The second-order valence-electron chi connectivity index (χ2n) is 6.46. The first-order chi connectivity index (χ1) is 8.32. The molecule has 18 heavy (non-hydrogen) atoms. The Labute approximate surface area is 111 Å². The normalized spacial score (nSPS) is 17.2. The highest BCUT2D eigenvalue weighted by Crippen LogP contribution is 2.36. The van der Waals surface area contributed by atoms with Crippen LogP contribution in [-0.4, -0.2) is 17.8 Å². The van der Waals surface area contributed by atoms with Gasteiger partial charge in [0, 0.05) is 12.0 Å². The predicted molar refractivity (Wildman–Crippen MR) is 77.5 cm³/mol. The van der Waals surface area contributed by atoms with E-state index in [0.717, 1.165) is 18.4 Å². The van der Waals surface area contributed by atoms with E-state index in [-0.39, 0.29) is 10.8 Å². The SMILES string of the molecule is CC(O)C(CN)(CCC(C)(C)C)c1ccccc1. The van der Waals surface area contributed by atoms with Gasteiger partial charge in [0.2, 0.25) is 0 Å². The quantitative estimate of drug-likeness (QED) is 0.842. The Morgan fingerprint density at radius 3 is 2.06 bits per heavy atom. The van der Waals surface area contributed by atoms with E-state index in [2.05, 4.69) is 32.9 Å². The second-order valence-corrected chi connectivity index (χ2v) is 6.46. The van der Waals surface area contributed by atoms with Crippen molar-refractivity contribution in [1.29, 1.82) is 0 Å². The first-order valence-electron chi connectivity index (χ1n) is 6.75. The fourth-order valence-electron chi connectivity index (χ4n) is 2.35. The third kappa shape index (κ3) is 3.56. The molecule has 0 spiro atoms. The maximum atomic E-state index is 10.2. The molecule has 102 valence electrons. The predicted octanol–water partition coefficient (Wildman–Crippen LogP) is 3.09. The maximum Gasteiger partial charge on any atom is 0.0620 e. The molecule has 0 aliphatic carbocycles. The van der Waals surface area contributed by atoms with E-state index in [1.165, 1.54) is 0 Å². The summed E-state index contributed by atoms with van der Waals surface area (Å²) in [5.74, 6) is 0. The molecule has 0 aromatic heterocycles. The molecule has 1 aromatic rings. The molecule has 0 aliphatic heterocycles. The van der Waals surface area contributed by atoms with Gasteiger partial charge in [-0.3, -0.25) is 0 Å². The summed E-state index contributed by atoms with van der Waals surface area (Å²) in [6.45, 7) is 9.00. The monoisotopic (exact) mass is 249 g/mol. The Hall–Kier alpha value is -0.860. The van der Waals surface area contributed by atoms with E-state index in [0.29, 0.717) is 6.54 Å². The van der Waals surface area contributed by atoms with Gasteiger partial charge in [-0.1, -0.05) is 51.1 Å².